The number of carbonyl (C=O) groups is 1. The monoisotopic (exact) mass is 415 g/mol. The normalized spacial score (nSPS) is 12.0. The second-order valence-electron chi connectivity index (χ2n) is 8.17. The average Bonchev–Trinajstić information content (AvgIpc) is 3.22. The number of Topliss-reactive ketones (excluding diaryl/α,β-unsaturated/α-hetero) is 1. The zero-order valence-corrected chi connectivity index (χ0v) is 17.9. The summed E-state index contributed by atoms with van der Waals surface area (Å²) in [6, 6.07) is 39.0. The number of carbonyl (C=O) groups excluding carboxylic acids is 1. The maximum Gasteiger partial charge on any atom is 0.163 e. The molecule has 1 atom stereocenters. The smallest absolute Gasteiger partial charge is 0.163 e. The van der Waals surface area contributed by atoms with Crippen LogP contribution in [0.4, 0.5) is 0 Å². The molecule has 0 N–H and O–H groups in total. The van der Waals surface area contributed by atoms with Gasteiger partial charge in [0, 0.05) is 41.5 Å². The number of nitrogens with zero attached hydrogens (tertiary/aromatic N) is 1. The Labute approximate surface area is 188 Å². The summed E-state index contributed by atoms with van der Waals surface area (Å²) in [4.78, 5) is 13.2. The predicted octanol–water partition coefficient (Wildman–Crippen LogP) is 7.09. The van der Waals surface area contributed by atoms with Crippen molar-refractivity contribution in [2.24, 2.45) is 0 Å². The van der Waals surface area contributed by atoms with E-state index in [1.165, 1.54) is 27.6 Å². The first-order chi connectivity index (χ1) is 15.8. The lowest BCUT2D eigenvalue weighted by molar-refractivity contribution is 0.0978. The fourth-order valence-electron chi connectivity index (χ4n) is 4.48. The average molecular weight is 416 g/mol. The molecule has 1 aromatic heterocycles. The maximum atomic E-state index is 13.2. The van der Waals surface area contributed by atoms with E-state index in [1.54, 1.807) is 0 Å². The van der Waals surface area contributed by atoms with Crippen LogP contribution >= 0.6 is 0 Å². The van der Waals surface area contributed by atoms with Gasteiger partial charge in [0.15, 0.2) is 5.78 Å². The van der Waals surface area contributed by atoms with Crippen molar-refractivity contribution in [2.75, 3.05) is 0 Å². The minimum absolute atomic E-state index is 0.00849. The molecule has 4 aromatic carbocycles. The van der Waals surface area contributed by atoms with Crippen molar-refractivity contribution < 1.29 is 4.79 Å². The van der Waals surface area contributed by atoms with E-state index < -0.39 is 0 Å². The molecule has 0 aliphatic carbocycles. The summed E-state index contributed by atoms with van der Waals surface area (Å²) in [5, 5.41) is 1.21. The molecule has 2 heteroatoms. The lowest BCUT2D eigenvalue weighted by atomic mass is 9.85. The quantitative estimate of drug-likeness (QED) is 0.260. The fourth-order valence-corrected chi connectivity index (χ4v) is 4.48. The molecule has 5 rings (SSSR count). The zero-order chi connectivity index (χ0) is 21.8. The van der Waals surface area contributed by atoms with E-state index in [0.717, 1.165) is 12.1 Å². The molecule has 0 radical (unpaired) electrons. The summed E-state index contributed by atoms with van der Waals surface area (Å²) in [7, 11) is 0. The van der Waals surface area contributed by atoms with Crippen molar-refractivity contribution >= 4 is 16.7 Å². The van der Waals surface area contributed by atoms with Crippen LogP contribution in [0.3, 0.4) is 0 Å². The van der Waals surface area contributed by atoms with E-state index in [9.17, 15) is 4.79 Å². The molecule has 32 heavy (non-hydrogen) atoms. The van der Waals surface area contributed by atoms with Crippen molar-refractivity contribution in [2.45, 2.75) is 18.9 Å². The van der Waals surface area contributed by atoms with Crippen molar-refractivity contribution in [3.63, 3.8) is 0 Å². The molecule has 0 bridgehead atoms. The highest BCUT2D eigenvalue weighted by molar-refractivity contribution is 5.97. The molecule has 0 aliphatic rings. The molecule has 0 amide bonds. The van der Waals surface area contributed by atoms with Crippen LogP contribution < -0.4 is 0 Å². The Kier molecular flexibility index (Phi) is 5.67. The first-order valence-corrected chi connectivity index (χ1v) is 11.0. The molecule has 0 saturated heterocycles. The lowest BCUT2D eigenvalue weighted by Crippen LogP contribution is -2.09. The van der Waals surface area contributed by atoms with Gasteiger partial charge in [-0.15, -0.1) is 0 Å². The molecular weight excluding hydrogens is 390 g/mol. The van der Waals surface area contributed by atoms with E-state index in [1.807, 2.05) is 42.5 Å². The van der Waals surface area contributed by atoms with Gasteiger partial charge in [0.1, 0.15) is 0 Å². The number of benzene rings is 4. The number of hydrogen-bond acceptors (Lipinski definition) is 1. The third kappa shape index (κ3) is 4.13. The fraction of sp³-hybridized carbons (Fsp3) is 0.100. The highest BCUT2D eigenvalue weighted by atomic mass is 16.1. The first-order valence-electron chi connectivity index (χ1n) is 11.0. The minimum atomic E-state index is -0.00849. The number of para-hydroxylation sites is 1. The second kappa shape index (κ2) is 9.07. The van der Waals surface area contributed by atoms with Crippen molar-refractivity contribution in [3.05, 3.63) is 144 Å². The second-order valence-corrected chi connectivity index (χ2v) is 8.17. The topological polar surface area (TPSA) is 22.0 Å². The summed E-state index contributed by atoms with van der Waals surface area (Å²) in [5.41, 5.74) is 5.59. The molecule has 2 nitrogen and oxygen atoms in total. The van der Waals surface area contributed by atoms with Gasteiger partial charge >= 0.3 is 0 Å². The largest absolute Gasteiger partial charge is 0.343 e. The van der Waals surface area contributed by atoms with Gasteiger partial charge in [0.2, 0.25) is 0 Å². The summed E-state index contributed by atoms with van der Waals surface area (Å²) in [5.74, 6) is 0.158. The molecule has 0 aliphatic heterocycles. The van der Waals surface area contributed by atoms with Gasteiger partial charge in [-0.1, -0.05) is 109 Å². The Morgan fingerprint density at radius 2 is 1.28 bits per heavy atom. The predicted molar refractivity (Wildman–Crippen MR) is 131 cm³/mol. The molecular formula is C30H25NO. The molecule has 0 spiro atoms. The van der Waals surface area contributed by atoms with E-state index >= 15 is 0 Å². The van der Waals surface area contributed by atoms with Gasteiger partial charge in [-0.3, -0.25) is 4.79 Å². The van der Waals surface area contributed by atoms with Crippen LogP contribution in [0.15, 0.2) is 121 Å². The Morgan fingerprint density at radius 1 is 0.688 bits per heavy atom. The van der Waals surface area contributed by atoms with E-state index in [4.69, 9.17) is 0 Å². The standard InChI is InChI=1S/C30H25NO/c32-30(25-16-8-3-9-17-25)20-27(24-14-6-2-7-15-24)28-22-31(21-23-12-4-1-5-13-23)29-19-11-10-18-26(28)29/h1-19,22,27H,20-21H2. The number of ketones is 1. The molecule has 156 valence electrons. The molecule has 0 fully saturated rings. The lowest BCUT2D eigenvalue weighted by Gasteiger charge is -2.17. The van der Waals surface area contributed by atoms with Crippen molar-refractivity contribution in [1.29, 1.82) is 0 Å². The van der Waals surface area contributed by atoms with Crippen molar-refractivity contribution in [1.82, 2.24) is 4.57 Å². The Morgan fingerprint density at radius 3 is 2.00 bits per heavy atom. The van der Waals surface area contributed by atoms with Crippen LogP contribution in [0, 0.1) is 0 Å². The Bertz CT molecular complexity index is 1320. The van der Waals surface area contributed by atoms with Crippen LogP contribution in [-0.2, 0) is 6.54 Å². The SMILES string of the molecule is O=C(CC(c1ccccc1)c1cn(Cc2ccccc2)c2ccccc12)c1ccccc1. The van der Waals surface area contributed by atoms with E-state index in [-0.39, 0.29) is 11.7 Å². The van der Waals surface area contributed by atoms with Gasteiger partial charge in [-0.25, -0.2) is 0 Å². The number of rotatable bonds is 7. The summed E-state index contributed by atoms with van der Waals surface area (Å²) in [6.45, 7) is 0.801. The van der Waals surface area contributed by atoms with Crippen LogP contribution in [0.2, 0.25) is 0 Å². The van der Waals surface area contributed by atoms with Gasteiger partial charge in [0.05, 0.1) is 0 Å². The summed E-state index contributed by atoms with van der Waals surface area (Å²) < 4.78 is 2.31. The third-order valence-electron chi connectivity index (χ3n) is 6.08. The van der Waals surface area contributed by atoms with Gasteiger partial charge in [-0.05, 0) is 22.8 Å². The van der Waals surface area contributed by atoms with Gasteiger partial charge in [-0.2, -0.15) is 0 Å². The van der Waals surface area contributed by atoms with E-state index in [0.29, 0.717) is 6.42 Å². The number of fused-ring (bicyclic) bond motifs is 1. The number of aromatic nitrogens is 1. The van der Waals surface area contributed by atoms with Crippen LogP contribution in [-0.4, -0.2) is 10.4 Å². The highest BCUT2D eigenvalue weighted by Gasteiger charge is 2.23. The molecule has 1 heterocycles. The summed E-state index contributed by atoms with van der Waals surface area (Å²) in [6.07, 6.45) is 2.68. The highest BCUT2D eigenvalue weighted by Crippen LogP contribution is 2.36. The van der Waals surface area contributed by atoms with Crippen molar-refractivity contribution in [3.8, 4) is 0 Å². The zero-order valence-electron chi connectivity index (χ0n) is 17.9. The van der Waals surface area contributed by atoms with E-state index in [2.05, 4.69) is 83.6 Å². The van der Waals surface area contributed by atoms with Gasteiger partial charge < -0.3 is 4.57 Å². The van der Waals surface area contributed by atoms with Gasteiger partial charge in [0.25, 0.3) is 0 Å². The molecule has 0 saturated carbocycles. The Balaban J connectivity index is 1.59. The van der Waals surface area contributed by atoms with Crippen LogP contribution in [0.1, 0.15) is 39.4 Å². The first kappa shape index (κ1) is 20.0. The van der Waals surface area contributed by atoms with Crippen LogP contribution in [0.25, 0.3) is 10.9 Å². The Hall–Kier alpha value is -3.91. The molecule has 5 aromatic rings. The molecule has 1 unspecified atom stereocenters. The number of hydrogen-bond donors (Lipinski definition) is 0. The van der Waals surface area contributed by atoms with Crippen LogP contribution in [0.5, 0.6) is 0 Å². The minimum Gasteiger partial charge on any atom is -0.343 e. The summed E-state index contributed by atoms with van der Waals surface area (Å²) >= 11 is 0. The maximum absolute atomic E-state index is 13.2. The third-order valence-corrected chi connectivity index (χ3v) is 6.08.